The van der Waals surface area contributed by atoms with Crippen LogP contribution in [0.25, 0.3) is 0 Å². The van der Waals surface area contributed by atoms with Gasteiger partial charge in [0.2, 0.25) is 5.13 Å². The van der Waals surface area contributed by atoms with Crippen molar-refractivity contribution >= 4 is 34.0 Å². The molecule has 5 nitrogen and oxygen atoms in total. The molecule has 7 heteroatoms. The van der Waals surface area contributed by atoms with E-state index < -0.39 is 0 Å². The van der Waals surface area contributed by atoms with Crippen LogP contribution < -0.4 is 5.32 Å². The van der Waals surface area contributed by atoms with Crippen LogP contribution in [0.1, 0.15) is 35.6 Å². The summed E-state index contributed by atoms with van der Waals surface area (Å²) < 4.78 is 2.98. The summed E-state index contributed by atoms with van der Waals surface area (Å²) in [6.07, 6.45) is 0. The number of hydrogen-bond acceptors (Lipinski definition) is 6. The van der Waals surface area contributed by atoms with Crippen LogP contribution >= 0.6 is 23.1 Å². The minimum absolute atomic E-state index is 0.146. The van der Waals surface area contributed by atoms with E-state index in [2.05, 4.69) is 27.0 Å². The molecule has 0 spiro atoms. The molecule has 0 amide bonds. The van der Waals surface area contributed by atoms with E-state index in [1.807, 2.05) is 26.8 Å². The van der Waals surface area contributed by atoms with Gasteiger partial charge >= 0.3 is 0 Å². The molecule has 2 aromatic heterocycles. The van der Waals surface area contributed by atoms with Gasteiger partial charge in [-0.1, -0.05) is 23.1 Å². The zero-order chi connectivity index (χ0) is 15.4. The quantitative estimate of drug-likeness (QED) is 0.625. The smallest absolute Gasteiger partial charge is 0.206 e. The molecule has 0 aliphatic rings. The molecule has 2 rings (SSSR count). The van der Waals surface area contributed by atoms with Crippen molar-refractivity contribution in [3.63, 3.8) is 0 Å². The van der Waals surface area contributed by atoms with Gasteiger partial charge < -0.3 is 9.88 Å². The largest absolute Gasteiger partial charge is 0.360 e. The highest BCUT2D eigenvalue weighted by Gasteiger charge is 2.16. The lowest BCUT2D eigenvalue weighted by Gasteiger charge is -2.05. The third-order valence-electron chi connectivity index (χ3n) is 3.25. The van der Waals surface area contributed by atoms with Gasteiger partial charge in [0.15, 0.2) is 10.1 Å². The molecule has 0 atom stereocenters. The number of carbonyl (C=O) groups is 1. The van der Waals surface area contributed by atoms with Crippen molar-refractivity contribution in [2.75, 3.05) is 17.6 Å². The fourth-order valence-electron chi connectivity index (χ4n) is 2.27. The normalized spacial score (nSPS) is 10.9. The second kappa shape index (κ2) is 7.09. The Morgan fingerprint density at radius 3 is 2.76 bits per heavy atom. The number of thioether (sulfide) groups is 1. The van der Waals surface area contributed by atoms with Crippen LogP contribution in [0.2, 0.25) is 0 Å². The van der Waals surface area contributed by atoms with Gasteiger partial charge in [-0.3, -0.25) is 4.79 Å². The average Bonchev–Trinajstić information content (AvgIpc) is 3.01. The van der Waals surface area contributed by atoms with E-state index in [4.69, 9.17) is 0 Å². The molecule has 2 heterocycles. The summed E-state index contributed by atoms with van der Waals surface area (Å²) in [4.78, 5) is 12.4. The third-order valence-corrected chi connectivity index (χ3v) is 5.27. The lowest BCUT2D eigenvalue weighted by molar-refractivity contribution is 0.102. The fraction of sp³-hybridized carbons (Fsp3) is 0.500. The zero-order valence-corrected chi connectivity index (χ0v) is 14.4. The van der Waals surface area contributed by atoms with Crippen LogP contribution in [0.5, 0.6) is 0 Å². The molecule has 0 aliphatic heterocycles. The number of aryl methyl sites for hydroxylation is 1. The molecule has 21 heavy (non-hydrogen) atoms. The van der Waals surface area contributed by atoms with E-state index in [0.717, 1.165) is 39.5 Å². The van der Waals surface area contributed by atoms with Gasteiger partial charge in [0.05, 0.1) is 5.75 Å². The van der Waals surface area contributed by atoms with Gasteiger partial charge in [0, 0.05) is 30.0 Å². The van der Waals surface area contributed by atoms with Gasteiger partial charge in [0.25, 0.3) is 0 Å². The molecule has 1 N–H and O–H groups in total. The van der Waals surface area contributed by atoms with E-state index >= 15 is 0 Å². The van der Waals surface area contributed by atoms with Gasteiger partial charge in [-0.05, 0) is 33.8 Å². The van der Waals surface area contributed by atoms with Crippen LogP contribution in [0.3, 0.4) is 0 Å². The maximum Gasteiger partial charge on any atom is 0.206 e. The van der Waals surface area contributed by atoms with Crippen LogP contribution in [-0.2, 0) is 6.54 Å². The number of nitrogens with one attached hydrogen (secondary N) is 1. The van der Waals surface area contributed by atoms with Crippen molar-refractivity contribution in [2.24, 2.45) is 0 Å². The Morgan fingerprint density at radius 2 is 2.14 bits per heavy atom. The SMILES string of the molecule is CCNc1nnc(SCC(=O)c2cc(C)n(CC)c2C)s1. The van der Waals surface area contributed by atoms with Crippen molar-refractivity contribution in [1.82, 2.24) is 14.8 Å². The highest BCUT2D eigenvalue weighted by Crippen LogP contribution is 2.26. The lowest BCUT2D eigenvalue weighted by Crippen LogP contribution is -2.05. The minimum Gasteiger partial charge on any atom is -0.360 e. The minimum atomic E-state index is 0.146. The summed E-state index contributed by atoms with van der Waals surface area (Å²) in [6.45, 7) is 9.85. The standard InChI is InChI=1S/C14H20N4OS2/c1-5-15-13-16-17-14(21-13)20-8-12(19)11-7-9(3)18(6-2)10(11)4/h7H,5-6,8H2,1-4H3,(H,15,16). The number of ketones is 1. The molecule has 0 saturated carbocycles. The van der Waals surface area contributed by atoms with Crippen LogP contribution in [0, 0.1) is 13.8 Å². The number of rotatable bonds is 7. The highest BCUT2D eigenvalue weighted by molar-refractivity contribution is 8.01. The third kappa shape index (κ3) is 3.65. The van der Waals surface area contributed by atoms with Crippen molar-refractivity contribution in [2.45, 2.75) is 38.6 Å². The molecule has 114 valence electrons. The van der Waals surface area contributed by atoms with Crippen LogP contribution in [0.4, 0.5) is 5.13 Å². The predicted molar refractivity (Wildman–Crippen MR) is 88.7 cm³/mol. The first-order chi connectivity index (χ1) is 10.1. The van der Waals surface area contributed by atoms with E-state index in [9.17, 15) is 4.79 Å². The monoisotopic (exact) mass is 324 g/mol. The number of anilines is 1. The van der Waals surface area contributed by atoms with E-state index in [0.29, 0.717) is 5.75 Å². The second-order valence-electron chi connectivity index (χ2n) is 4.64. The topological polar surface area (TPSA) is 59.8 Å². The van der Waals surface area contributed by atoms with Crippen molar-refractivity contribution < 1.29 is 4.79 Å². The van der Waals surface area contributed by atoms with E-state index in [1.165, 1.54) is 23.1 Å². The molecule has 0 fully saturated rings. The summed E-state index contributed by atoms with van der Waals surface area (Å²) in [7, 11) is 0. The molecular weight excluding hydrogens is 304 g/mol. The Balaban J connectivity index is 2.01. The van der Waals surface area contributed by atoms with E-state index in [1.54, 1.807) is 0 Å². The summed E-state index contributed by atoms with van der Waals surface area (Å²) in [5.74, 6) is 0.544. The molecule has 0 saturated heterocycles. The van der Waals surface area contributed by atoms with E-state index in [-0.39, 0.29) is 5.78 Å². The molecule has 2 aromatic rings. The summed E-state index contributed by atoms with van der Waals surface area (Å²) in [5.41, 5.74) is 3.00. The Labute approximate surface area is 133 Å². The lowest BCUT2D eigenvalue weighted by atomic mass is 10.2. The second-order valence-corrected chi connectivity index (χ2v) is 6.84. The Hall–Kier alpha value is -1.34. The zero-order valence-electron chi connectivity index (χ0n) is 12.8. The molecule has 0 aromatic carbocycles. The molecule has 0 radical (unpaired) electrons. The van der Waals surface area contributed by atoms with Crippen molar-refractivity contribution in [1.29, 1.82) is 0 Å². The predicted octanol–water partition coefficient (Wildman–Crippen LogP) is 3.38. The molecule has 0 bridgehead atoms. The number of carbonyl (C=O) groups excluding carboxylic acids is 1. The highest BCUT2D eigenvalue weighted by atomic mass is 32.2. The van der Waals surface area contributed by atoms with Gasteiger partial charge in [0.1, 0.15) is 0 Å². The van der Waals surface area contributed by atoms with Gasteiger partial charge in [-0.2, -0.15) is 0 Å². The molecule has 0 aliphatic carbocycles. The number of aromatic nitrogens is 3. The van der Waals surface area contributed by atoms with Crippen LogP contribution in [-0.4, -0.2) is 32.8 Å². The first-order valence-electron chi connectivity index (χ1n) is 6.96. The van der Waals surface area contributed by atoms with Crippen LogP contribution in [0.15, 0.2) is 10.4 Å². The first-order valence-corrected chi connectivity index (χ1v) is 8.77. The first kappa shape index (κ1) is 16.0. The Bertz CT molecular complexity index is 633. The van der Waals surface area contributed by atoms with Gasteiger partial charge in [-0.25, -0.2) is 0 Å². The van der Waals surface area contributed by atoms with Crippen molar-refractivity contribution in [3.05, 3.63) is 23.0 Å². The Morgan fingerprint density at radius 1 is 1.38 bits per heavy atom. The number of nitrogens with zero attached hydrogens (tertiary/aromatic N) is 3. The molecule has 0 unspecified atom stereocenters. The maximum atomic E-state index is 12.4. The number of hydrogen-bond donors (Lipinski definition) is 1. The Kier molecular flexibility index (Phi) is 5.41. The summed E-state index contributed by atoms with van der Waals surface area (Å²) in [6, 6.07) is 1.98. The number of Topliss-reactive ketones (excluding diaryl/α,β-unsaturated/α-hetero) is 1. The summed E-state index contributed by atoms with van der Waals surface area (Å²) in [5, 5.41) is 12.0. The van der Waals surface area contributed by atoms with Crippen molar-refractivity contribution in [3.8, 4) is 0 Å². The average molecular weight is 324 g/mol. The summed E-state index contributed by atoms with van der Waals surface area (Å²) >= 11 is 2.93. The molecular formula is C14H20N4OS2. The fourth-order valence-corrected chi connectivity index (χ4v) is 3.97. The maximum absolute atomic E-state index is 12.4. The van der Waals surface area contributed by atoms with Gasteiger partial charge in [-0.15, -0.1) is 10.2 Å².